The Balaban J connectivity index is 1.73. The third kappa shape index (κ3) is 4.00. The minimum Gasteiger partial charge on any atom is -0.381 e. The average molecular weight is 338 g/mol. The molecule has 0 radical (unpaired) electrons. The highest BCUT2D eigenvalue weighted by molar-refractivity contribution is 7.84. The fourth-order valence-corrected chi connectivity index (χ4v) is 4.09. The molecule has 1 aliphatic heterocycles. The van der Waals surface area contributed by atoms with E-state index in [4.69, 9.17) is 4.74 Å². The molecule has 1 aromatic carbocycles. The second-order valence-electron chi connectivity index (χ2n) is 5.77. The first kappa shape index (κ1) is 16.2. The summed E-state index contributed by atoms with van der Waals surface area (Å²) < 4.78 is 33.0. The van der Waals surface area contributed by atoms with Crippen molar-refractivity contribution >= 4 is 10.8 Å². The summed E-state index contributed by atoms with van der Waals surface area (Å²) in [7, 11) is -1.08. The third-order valence-electron chi connectivity index (χ3n) is 3.92. The van der Waals surface area contributed by atoms with Gasteiger partial charge in [0.15, 0.2) is 5.82 Å². The molecule has 8 heteroatoms. The van der Waals surface area contributed by atoms with E-state index in [1.807, 2.05) is 6.92 Å². The van der Waals surface area contributed by atoms with Crippen molar-refractivity contribution in [3.8, 4) is 5.69 Å². The van der Waals surface area contributed by atoms with Gasteiger partial charge in [0.2, 0.25) is 0 Å². The van der Waals surface area contributed by atoms with Crippen LogP contribution in [0.4, 0.5) is 4.39 Å². The predicted octanol–water partition coefficient (Wildman–Crippen LogP) is 1.79. The van der Waals surface area contributed by atoms with Crippen LogP contribution in [0, 0.1) is 18.7 Å². The molecule has 1 aliphatic rings. The summed E-state index contributed by atoms with van der Waals surface area (Å²) in [6, 6.07) is 4.75. The Hall–Kier alpha value is -1.67. The van der Waals surface area contributed by atoms with E-state index in [1.54, 1.807) is 12.1 Å². The molecule has 1 fully saturated rings. The second kappa shape index (κ2) is 7.27. The van der Waals surface area contributed by atoms with Gasteiger partial charge in [-0.15, -0.1) is 5.10 Å². The highest BCUT2D eigenvalue weighted by Crippen LogP contribution is 2.19. The van der Waals surface area contributed by atoms with Crippen molar-refractivity contribution in [3.63, 3.8) is 0 Å². The van der Waals surface area contributed by atoms with E-state index < -0.39 is 16.6 Å². The maximum absolute atomic E-state index is 14.0. The lowest BCUT2D eigenvalue weighted by molar-refractivity contribution is 0.0725. The smallest absolute Gasteiger partial charge is 0.169 e. The minimum absolute atomic E-state index is 0.220. The van der Waals surface area contributed by atoms with E-state index in [1.165, 1.54) is 10.7 Å². The zero-order valence-corrected chi connectivity index (χ0v) is 13.8. The number of aryl methyl sites for hydroxylation is 1. The topological polar surface area (TPSA) is 69.9 Å². The van der Waals surface area contributed by atoms with Crippen LogP contribution in [0.5, 0.6) is 0 Å². The number of halogens is 1. The van der Waals surface area contributed by atoms with Crippen LogP contribution in [0.3, 0.4) is 0 Å². The summed E-state index contributed by atoms with van der Waals surface area (Å²) in [5.41, 5.74) is 1.19. The molecule has 2 aromatic rings. The lowest BCUT2D eigenvalue weighted by atomic mass is 10.0. The van der Waals surface area contributed by atoms with Crippen molar-refractivity contribution in [2.75, 3.05) is 19.0 Å². The van der Waals surface area contributed by atoms with Crippen LogP contribution in [0.25, 0.3) is 5.69 Å². The van der Waals surface area contributed by atoms with Crippen LogP contribution >= 0.6 is 0 Å². The Labute approximate surface area is 136 Å². The molecule has 6 nitrogen and oxygen atoms in total. The summed E-state index contributed by atoms with van der Waals surface area (Å²) in [4.78, 5) is 0. The van der Waals surface area contributed by atoms with E-state index in [0.717, 1.165) is 31.6 Å². The largest absolute Gasteiger partial charge is 0.381 e. The normalized spacial score (nSPS) is 17.3. The van der Waals surface area contributed by atoms with Crippen molar-refractivity contribution in [3.05, 3.63) is 35.4 Å². The summed E-state index contributed by atoms with van der Waals surface area (Å²) in [6.07, 6.45) is 1.87. The van der Waals surface area contributed by atoms with Crippen LogP contribution < -0.4 is 0 Å². The molecule has 0 N–H and O–H groups in total. The predicted molar refractivity (Wildman–Crippen MR) is 84.1 cm³/mol. The summed E-state index contributed by atoms with van der Waals surface area (Å²) in [5, 5.41) is 11.4. The molecular formula is C15H19FN4O2S. The molecule has 0 saturated carbocycles. The van der Waals surface area contributed by atoms with Crippen LogP contribution in [0.15, 0.2) is 18.2 Å². The van der Waals surface area contributed by atoms with Crippen LogP contribution in [0.1, 0.15) is 24.2 Å². The molecule has 0 aliphatic carbocycles. The lowest BCUT2D eigenvalue weighted by Gasteiger charge is -2.21. The molecular weight excluding hydrogens is 319 g/mol. The minimum atomic E-state index is -1.08. The van der Waals surface area contributed by atoms with Gasteiger partial charge in [-0.25, -0.2) is 4.39 Å². The lowest BCUT2D eigenvalue weighted by Crippen LogP contribution is -2.22. The van der Waals surface area contributed by atoms with E-state index in [9.17, 15) is 8.60 Å². The molecule has 0 spiro atoms. The van der Waals surface area contributed by atoms with Gasteiger partial charge in [-0.2, -0.15) is 4.68 Å². The Bertz CT molecular complexity index is 701. The molecule has 1 aromatic heterocycles. The third-order valence-corrected chi connectivity index (χ3v) is 5.34. The van der Waals surface area contributed by atoms with Gasteiger partial charge in [-0.05, 0) is 53.8 Å². The van der Waals surface area contributed by atoms with Gasteiger partial charge in [0.25, 0.3) is 0 Å². The number of aromatic nitrogens is 4. The number of nitrogens with zero attached hydrogens (tertiary/aromatic N) is 4. The van der Waals surface area contributed by atoms with Crippen molar-refractivity contribution in [2.45, 2.75) is 25.5 Å². The molecule has 2 heterocycles. The Morgan fingerprint density at radius 1 is 1.39 bits per heavy atom. The monoisotopic (exact) mass is 338 g/mol. The number of ether oxygens (including phenoxy) is 1. The zero-order chi connectivity index (χ0) is 16.2. The summed E-state index contributed by atoms with van der Waals surface area (Å²) >= 11 is 0. The van der Waals surface area contributed by atoms with E-state index in [2.05, 4.69) is 15.5 Å². The summed E-state index contributed by atoms with van der Waals surface area (Å²) in [6.45, 7) is 3.33. The van der Waals surface area contributed by atoms with E-state index in [0.29, 0.717) is 17.5 Å². The standard InChI is InChI=1S/C15H19FN4O2S/c1-11-2-3-13(16)14(8-11)20-15(17-18-19-20)10-23(21)9-12-4-6-22-7-5-12/h2-3,8,12H,4-7,9-10H2,1H3. The first-order chi connectivity index (χ1) is 11.1. The Morgan fingerprint density at radius 3 is 2.96 bits per heavy atom. The van der Waals surface area contributed by atoms with Gasteiger partial charge >= 0.3 is 0 Å². The molecule has 3 rings (SSSR count). The van der Waals surface area contributed by atoms with Crippen LogP contribution in [-0.2, 0) is 21.3 Å². The zero-order valence-electron chi connectivity index (χ0n) is 12.9. The van der Waals surface area contributed by atoms with Crippen molar-refractivity contribution in [1.29, 1.82) is 0 Å². The van der Waals surface area contributed by atoms with Gasteiger partial charge in [0.1, 0.15) is 11.5 Å². The number of tetrazole rings is 1. The number of rotatable bonds is 5. The van der Waals surface area contributed by atoms with Gasteiger partial charge in [0, 0.05) is 29.8 Å². The van der Waals surface area contributed by atoms with Gasteiger partial charge in [0.05, 0.1) is 5.75 Å². The number of hydrogen-bond donors (Lipinski definition) is 0. The van der Waals surface area contributed by atoms with E-state index in [-0.39, 0.29) is 11.4 Å². The SMILES string of the molecule is Cc1ccc(F)c(-n2nnnc2CS(=O)CC2CCOCC2)c1. The Kier molecular flexibility index (Phi) is 5.12. The highest BCUT2D eigenvalue weighted by atomic mass is 32.2. The maximum Gasteiger partial charge on any atom is 0.169 e. The Morgan fingerprint density at radius 2 is 2.17 bits per heavy atom. The molecule has 0 amide bonds. The molecule has 1 unspecified atom stereocenters. The molecule has 0 bridgehead atoms. The van der Waals surface area contributed by atoms with Crippen molar-refractivity contribution in [2.24, 2.45) is 5.92 Å². The van der Waals surface area contributed by atoms with Crippen LogP contribution in [-0.4, -0.2) is 43.4 Å². The molecule has 1 atom stereocenters. The van der Waals surface area contributed by atoms with Crippen molar-refractivity contribution in [1.82, 2.24) is 20.2 Å². The molecule has 124 valence electrons. The fourth-order valence-electron chi connectivity index (χ4n) is 2.65. The van der Waals surface area contributed by atoms with Crippen molar-refractivity contribution < 1.29 is 13.3 Å². The quantitative estimate of drug-likeness (QED) is 0.831. The molecule has 1 saturated heterocycles. The average Bonchev–Trinajstić information content (AvgIpc) is 2.98. The first-order valence-corrected chi connectivity index (χ1v) is 9.09. The highest BCUT2D eigenvalue weighted by Gasteiger charge is 2.20. The van der Waals surface area contributed by atoms with E-state index >= 15 is 0 Å². The summed E-state index contributed by atoms with van der Waals surface area (Å²) in [5.74, 6) is 1.24. The fraction of sp³-hybridized carbons (Fsp3) is 0.533. The van der Waals surface area contributed by atoms with Gasteiger partial charge in [-0.1, -0.05) is 6.07 Å². The maximum atomic E-state index is 14.0. The second-order valence-corrected chi connectivity index (χ2v) is 7.27. The first-order valence-electron chi connectivity index (χ1n) is 7.60. The van der Waals surface area contributed by atoms with Gasteiger partial charge in [-0.3, -0.25) is 4.21 Å². The van der Waals surface area contributed by atoms with Gasteiger partial charge < -0.3 is 4.74 Å². The molecule has 23 heavy (non-hydrogen) atoms. The number of benzene rings is 1. The number of hydrogen-bond acceptors (Lipinski definition) is 5. The van der Waals surface area contributed by atoms with Crippen LogP contribution in [0.2, 0.25) is 0 Å².